The third-order valence-electron chi connectivity index (χ3n) is 4.13. The maximum absolute atomic E-state index is 10.1. The first-order valence-electron chi connectivity index (χ1n) is 7.35. The number of nitrogens with one attached hydrogen (secondary N) is 1. The van der Waals surface area contributed by atoms with Crippen LogP contribution in [0.25, 0.3) is 0 Å². The van der Waals surface area contributed by atoms with Crippen molar-refractivity contribution in [2.24, 2.45) is 5.92 Å². The molecule has 0 aromatic heterocycles. The number of rotatable bonds is 10. The first kappa shape index (κ1) is 14.3. The average Bonchev–Trinajstić information content (AvgIpc) is 3.23. The zero-order chi connectivity index (χ0) is 13.0. The summed E-state index contributed by atoms with van der Waals surface area (Å²) < 4.78 is 5.17. The van der Waals surface area contributed by atoms with Crippen LogP contribution < -0.4 is 5.32 Å². The van der Waals surface area contributed by atoms with Crippen molar-refractivity contribution in [3.63, 3.8) is 0 Å². The van der Waals surface area contributed by atoms with Crippen molar-refractivity contribution in [2.75, 3.05) is 33.4 Å². The third kappa shape index (κ3) is 4.84. The van der Waals surface area contributed by atoms with Gasteiger partial charge in [0.15, 0.2) is 0 Å². The molecule has 106 valence electrons. The van der Waals surface area contributed by atoms with Gasteiger partial charge in [-0.1, -0.05) is 0 Å². The second-order valence-electron chi connectivity index (χ2n) is 5.90. The van der Waals surface area contributed by atoms with Gasteiger partial charge in [0.1, 0.15) is 0 Å². The summed E-state index contributed by atoms with van der Waals surface area (Å²) in [6.07, 6.45) is 4.99. The lowest BCUT2D eigenvalue weighted by Crippen LogP contribution is -2.45. The highest BCUT2D eigenvalue weighted by atomic mass is 16.5. The van der Waals surface area contributed by atoms with Gasteiger partial charge in [0.2, 0.25) is 0 Å². The van der Waals surface area contributed by atoms with Gasteiger partial charge in [0.25, 0.3) is 0 Å². The molecule has 18 heavy (non-hydrogen) atoms. The quantitative estimate of drug-likeness (QED) is 0.608. The van der Waals surface area contributed by atoms with Gasteiger partial charge in [-0.05, 0) is 38.5 Å². The molecule has 0 aliphatic heterocycles. The predicted octanol–water partition coefficient (Wildman–Crippen LogP) is 0.846. The summed E-state index contributed by atoms with van der Waals surface area (Å²) in [7, 11) is 1.74. The van der Waals surface area contributed by atoms with Crippen LogP contribution in [0.1, 0.15) is 32.6 Å². The van der Waals surface area contributed by atoms with E-state index in [4.69, 9.17) is 4.74 Å². The van der Waals surface area contributed by atoms with Crippen LogP contribution in [-0.2, 0) is 4.74 Å². The molecule has 0 radical (unpaired) electrons. The van der Waals surface area contributed by atoms with Gasteiger partial charge in [0, 0.05) is 38.8 Å². The van der Waals surface area contributed by atoms with Crippen molar-refractivity contribution < 1.29 is 9.84 Å². The van der Waals surface area contributed by atoms with Crippen LogP contribution in [0.2, 0.25) is 0 Å². The lowest BCUT2D eigenvalue weighted by molar-refractivity contribution is 0.0621. The van der Waals surface area contributed by atoms with Gasteiger partial charge in [-0.3, -0.25) is 4.90 Å². The molecule has 2 aliphatic rings. The Morgan fingerprint density at radius 2 is 2.06 bits per heavy atom. The van der Waals surface area contributed by atoms with E-state index in [1.54, 1.807) is 7.11 Å². The highest BCUT2D eigenvalue weighted by molar-refractivity contribution is 4.87. The average molecular weight is 256 g/mol. The lowest BCUT2D eigenvalue weighted by Gasteiger charge is -2.31. The van der Waals surface area contributed by atoms with E-state index >= 15 is 0 Å². The van der Waals surface area contributed by atoms with Crippen LogP contribution in [0.4, 0.5) is 0 Å². The Hall–Kier alpha value is -0.160. The van der Waals surface area contributed by atoms with Crippen molar-refractivity contribution >= 4 is 0 Å². The molecular weight excluding hydrogens is 228 g/mol. The summed E-state index contributed by atoms with van der Waals surface area (Å²) in [6, 6.07) is 1.25. The molecule has 0 bridgehead atoms. The summed E-state index contributed by atoms with van der Waals surface area (Å²) >= 11 is 0. The van der Waals surface area contributed by atoms with Crippen LogP contribution in [-0.4, -0.2) is 61.5 Å². The summed E-state index contributed by atoms with van der Waals surface area (Å²) in [4.78, 5) is 2.39. The molecule has 0 aromatic carbocycles. The van der Waals surface area contributed by atoms with E-state index in [2.05, 4.69) is 17.1 Å². The van der Waals surface area contributed by atoms with Crippen LogP contribution in [0.5, 0.6) is 0 Å². The Kier molecular flexibility index (Phi) is 5.42. The predicted molar refractivity (Wildman–Crippen MR) is 72.7 cm³/mol. The minimum Gasteiger partial charge on any atom is -0.390 e. The van der Waals surface area contributed by atoms with Gasteiger partial charge < -0.3 is 15.2 Å². The highest BCUT2D eigenvalue weighted by Crippen LogP contribution is 2.35. The van der Waals surface area contributed by atoms with Gasteiger partial charge in [-0.25, -0.2) is 0 Å². The first-order valence-corrected chi connectivity index (χ1v) is 7.35. The number of methoxy groups -OCH3 is 1. The maximum Gasteiger partial charge on any atom is 0.0791 e. The molecule has 0 aromatic rings. The molecule has 4 nitrogen and oxygen atoms in total. The number of aliphatic hydroxyl groups excluding tert-OH is 1. The minimum atomic E-state index is -0.261. The van der Waals surface area contributed by atoms with Gasteiger partial charge in [-0.2, -0.15) is 0 Å². The molecule has 0 spiro atoms. The van der Waals surface area contributed by atoms with Crippen LogP contribution in [0.15, 0.2) is 0 Å². The second kappa shape index (κ2) is 6.85. The van der Waals surface area contributed by atoms with Crippen molar-refractivity contribution in [1.29, 1.82) is 0 Å². The molecule has 2 N–H and O–H groups in total. The molecule has 2 unspecified atom stereocenters. The number of nitrogens with zero attached hydrogens (tertiary/aromatic N) is 1. The molecule has 2 atom stereocenters. The van der Waals surface area contributed by atoms with E-state index in [1.807, 2.05) is 0 Å². The van der Waals surface area contributed by atoms with Crippen LogP contribution in [0, 0.1) is 5.92 Å². The van der Waals surface area contributed by atoms with Crippen molar-refractivity contribution in [2.45, 2.75) is 50.8 Å². The Morgan fingerprint density at radius 3 is 2.61 bits per heavy atom. The maximum atomic E-state index is 10.1. The summed E-state index contributed by atoms with van der Waals surface area (Å²) in [6.45, 7) is 5.45. The van der Waals surface area contributed by atoms with E-state index in [0.29, 0.717) is 12.1 Å². The molecule has 2 rings (SSSR count). The van der Waals surface area contributed by atoms with E-state index in [1.165, 1.54) is 25.7 Å². The van der Waals surface area contributed by atoms with Crippen LogP contribution >= 0.6 is 0 Å². The Balaban J connectivity index is 1.70. The molecule has 2 aliphatic carbocycles. The van der Waals surface area contributed by atoms with E-state index in [9.17, 15) is 5.11 Å². The van der Waals surface area contributed by atoms with E-state index in [-0.39, 0.29) is 6.10 Å². The first-order chi connectivity index (χ1) is 8.70. The van der Waals surface area contributed by atoms with Gasteiger partial charge in [0.05, 0.1) is 12.7 Å². The third-order valence-corrected chi connectivity index (χ3v) is 4.13. The summed E-state index contributed by atoms with van der Waals surface area (Å²) in [5.41, 5.74) is 0. The molecule has 4 heteroatoms. The van der Waals surface area contributed by atoms with Crippen molar-refractivity contribution in [1.82, 2.24) is 10.2 Å². The second-order valence-corrected chi connectivity index (χ2v) is 5.90. The summed E-state index contributed by atoms with van der Waals surface area (Å²) in [5.74, 6) is 0.838. The van der Waals surface area contributed by atoms with Crippen molar-refractivity contribution in [3.8, 4) is 0 Å². The smallest absolute Gasteiger partial charge is 0.0791 e. The molecule has 2 saturated carbocycles. The monoisotopic (exact) mass is 256 g/mol. The normalized spacial score (nSPS) is 23.3. The molecule has 0 heterocycles. The number of hydrogen-bond acceptors (Lipinski definition) is 4. The van der Waals surface area contributed by atoms with E-state index < -0.39 is 0 Å². The number of hydrogen-bond donors (Lipinski definition) is 2. The molecule has 0 saturated heterocycles. The Morgan fingerprint density at radius 1 is 1.33 bits per heavy atom. The van der Waals surface area contributed by atoms with Crippen molar-refractivity contribution in [3.05, 3.63) is 0 Å². The number of ether oxygens (including phenoxy) is 1. The van der Waals surface area contributed by atoms with Gasteiger partial charge >= 0.3 is 0 Å². The topological polar surface area (TPSA) is 44.7 Å². The standard InChI is InChI=1S/C14H28N2O2/c1-11(12-3-4-12)16(7-8-18-2)10-14(17)9-15-13-5-6-13/h11-15,17H,3-10H2,1-2H3. The fraction of sp³-hybridized carbons (Fsp3) is 1.00. The minimum absolute atomic E-state index is 0.261. The zero-order valence-corrected chi connectivity index (χ0v) is 11.8. The Bertz CT molecular complexity index is 242. The van der Waals surface area contributed by atoms with Crippen LogP contribution in [0.3, 0.4) is 0 Å². The van der Waals surface area contributed by atoms with E-state index in [0.717, 1.165) is 32.2 Å². The lowest BCUT2D eigenvalue weighted by atomic mass is 10.1. The Labute approximate surface area is 111 Å². The largest absolute Gasteiger partial charge is 0.390 e. The SMILES string of the molecule is COCCN(CC(O)CNC1CC1)C(C)C1CC1. The molecule has 2 fully saturated rings. The van der Waals surface area contributed by atoms with Gasteiger partial charge in [-0.15, -0.1) is 0 Å². The fourth-order valence-corrected chi connectivity index (χ4v) is 2.47. The number of aliphatic hydroxyl groups is 1. The highest BCUT2D eigenvalue weighted by Gasteiger charge is 2.32. The molecule has 0 amide bonds. The fourth-order valence-electron chi connectivity index (χ4n) is 2.47. The summed E-state index contributed by atoms with van der Waals surface area (Å²) in [5, 5.41) is 13.5. The zero-order valence-electron chi connectivity index (χ0n) is 11.8. The molecular formula is C14H28N2O2.